The van der Waals surface area contributed by atoms with Crippen LogP contribution in [0.4, 0.5) is 0 Å². The average molecular weight is 312 g/mol. The van der Waals surface area contributed by atoms with Crippen LogP contribution in [0.5, 0.6) is 0 Å². The largest absolute Gasteiger partial charge is 0.144 e. The van der Waals surface area contributed by atoms with E-state index in [9.17, 15) is 0 Å². The van der Waals surface area contributed by atoms with Gasteiger partial charge in [0.15, 0.2) is 0 Å². The highest BCUT2D eigenvalue weighted by molar-refractivity contribution is 7.50. The van der Waals surface area contributed by atoms with Crippen molar-refractivity contribution < 1.29 is 0 Å². The number of hydrogen-bond acceptors (Lipinski definition) is 3. The van der Waals surface area contributed by atoms with E-state index in [-0.39, 0.29) is 0 Å². The molecular formula is C12H10P2S3. The van der Waals surface area contributed by atoms with Gasteiger partial charge in [-0.25, -0.2) is 0 Å². The third-order valence-electron chi connectivity index (χ3n) is 2.49. The van der Waals surface area contributed by atoms with Gasteiger partial charge in [-0.3, -0.25) is 0 Å². The molecule has 17 heavy (non-hydrogen) atoms. The van der Waals surface area contributed by atoms with Crippen LogP contribution in [0, 0.1) is 0 Å². The van der Waals surface area contributed by atoms with Gasteiger partial charge in [-0.05, 0) is 28.2 Å². The van der Waals surface area contributed by atoms with E-state index in [1.165, 1.54) is 30.1 Å². The van der Waals surface area contributed by atoms with Crippen LogP contribution in [0.2, 0.25) is 0 Å². The lowest BCUT2D eigenvalue weighted by molar-refractivity contribution is 1.90. The first-order valence-corrected chi connectivity index (χ1v) is 8.76. The van der Waals surface area contributed by atoms with E-state index in [1.54, 1.807) is 22.7 Å². The summed E-state index contributed by atoms with van der Waals surface area (Å²) in [6.07, 6.45) is 0. The maximum atomic E-state index is 2.88. The smallest absolute Gasteiger partial charge is 0.0542 e. The van der Waals surface area contributed by atoms with Crippen molar-refractivity contribution in [1.29, 1.82) is 0 Å². The van der Waals surface area contributed by atoms with Crippen molar-refractivity contribution in [3.63, 3.8) is 0 Å². The Balaban J connectivity index is 2.26. The first-order chi connectivity index (χ1) is 8.27. The third-order valence-corrected chi connectivity index (χ3v) is 7.27. The predicted octanol–water partition coefficient (Wildman–Crippen LogP) is 4.21. The molecule has 0 saturated heterocycles. The van der Waals surface area contributed by atoms with Crippen molar-refractivity contribution >= 4 is 62.4 Å². The summed E-state index contributed by atoms with van der Waals surface area (Å²) >= 11 is 5.47. The quantitative estimate of drug-likeness (QED) is 0.622. The van der Waals surface area contributed by atoms with E-state index in [1.807, 2.05) is 11.3 Å². The number of rotatable bonds is 2. The Morgan fingerprint density at radius 1 is 0.882 bits per heavy atom. The molecule has 0 fully saturated rings. The predicted molar refractivity (Wildman–Crippen MR) is 89.6 cm³/mol. The fraction of sp³-hybridized carbons (Fsp3) is 0. The van der Waals surface area contributed by atoms with Crippen LogP contribution in [0.15, 0.2) is 35.0 Å². The molecule has 0 N–H and O–H groups in total. The highest BCUT2D eigenvalue weighted by Gasteiger charge is 2.17. The summed E-state index contributed by atoms with van der Waals surface area (Å²) < 4.78 is 1.31. The minimum absolute atomic E-state index is 1.31. The summed E-state index contributed by atoms with van der Waals surface area (Å²) in [7, 11) is 5.72. The Hall–Kier alpha value is -0.0400. The lowest BCUT2D eigenvalue weighted by Gasteiger charge is -2.00. The maximum Gasteiger partial charge on any atom is 0.0542 e. The molecule has 0 nitrogen and oxygen atoms in total. The molecule has 0 aliphatic heterocycles. The van der Waals surface area contributed by atoms with Gasteiger partial charge >= 0.3 is 0 Å². The Kier molecular flexibility index (Phi) is 3.47. The molecule has 3 rings (SSSR count). The van der Waals surface area contributed by atoms with Crippen molar-refractivity contribution in [2.75, 3.05) is 0 Å². The minimum atomic E-state index is 1.31. The molecule has 0 amide bonds. The van der Waals surface area contributed by atoms with Crippen molar-refractivity contribution in [2.45, 2.75) is 0 Å². The summed E-state index contributed by atoms with van der Waals surface area (Å²) in [6, 6.07) is 8.62. The standard InChI is InChI=1S/C12H10P2S3/c13-10-9(7-3-1-5-15-7)11(17-12(10)14)8-4-2-6-16-8/h1-6H,13-14H2. The van der Waals surface area contributed by atoms with Crippen LogP contribution in [0.1, 0.15) is 0 Å². The van der Waals surface area contributed by atoms with Crippen LogP contribution in [0.3, 0.4) is 0 Å². The lowest BCUT2D eigenvalue weighted by atomic mass is 10.2. The second kappa shape index (κ2) is 4.91. The van der Waals surface area contributed by atoms with Crippen molar-refractivity contribution in [1.82, 2.24) is 0 Å². The van der Waals surface area contributed by atoms with Crippen molar-refractivity contribution in [3.05, 3.63) is 35.0 Å². The molecular weight excluding hydrogens is 302 g/mol. The zero-order valence-corrected chi connectivity index (χ0v) is 13.6. The SMILES string of the molecule is Pc1sc(-c2cccs2)c(-c2cccs2)c1P. The van der Waals surface area contributed by atoms with Gasteiger partial charge in [0, 0.05) is 19.9 Å². The van der Waals surface area contributed by atoms with Crippen molar-refractivity contribution in [3.8, 4) is 20.2 Å². The van der Waals surface area contributed by atoms with E-state index in [4.69, 9.17) is 0 Å². The monoisotopic (exact) mass is 312 g/mol. The Morgan fingerprint density at radius 3 is 2.12 bits per heavy atom. The molecule has 0 aromatic carbocycles. The Labute approximate surface area is 117 Å². The van der Waals surface area contributed by atoms with Gasteiger partial charge in [0.05, 0.1) is 4.88 Å². The Morgan fingerprint density at radius 2 is 1.53 bits per heavy atom. The van der Waals surface area contributed by atoms with Gasteiger partial charge in [0.1, 0.15) is 0 Å². The van der Waals surface area contributed by atoms with Crippen LogP contribution in [0.25, 0.3) is 20.2 Å². The fourth-order valence-electron chi connectivity index (χ4n) is 1.71. The molecule has 0 aliphatic carbocycles. The second-order valence-corrected chi connectivity index (χ2v) is 8.06. The van der Waals surface area contributed by atoms with Gasteiger partial charge in [-0.1, -0.05) is 21.4 Å². The molecule has 86 valence electrons. The summed E-state index contributed by atoms with van der Waals surface area (Å²) in [5.74, 6) is 0. The highest BCUT2D eigenvalue weighted by atomic mass is 32.1. The summed E-state index contributed by atoms with van der Waals surface area (Å²) in [6.45, 7) is 0. The highest BCUT2D eigenvalue weighted by Crippen LogP contribution is 2.40. The minimum Gasteiger partial charge on any atom is -0.144 e. The van der Waals surface area contributed by atoms with Crippen LogP contribution >= 0.6 is 52.5 Å². The first kappa shape index (κ1) is 12.0. The van der Waals surface area contributed by atoms with E-state index in [0.717, 1.165) is 0 Å². The van der Waals surface area contributed by atoms with Gasteiger partial charge in [-0.2, -0.15) is 0 Å². The lowest BCUT2D eigenvalue weighted by Crippen LogP contribution is -2.04. The summed E-state index contributed by atoms with van der Waals surface area (Å²) in [4.78, 5) is 4.09. The van der Waals surface area contributed by atoms with Gasteiger partial charge in [0.25, 0.3) is 0 Å². The molecule has 0 radical (unpaired) electrons. The first-order valence-electron chi connectivity index (χ1n) is 5.03. The number of thiophene rings is 3. The zero-order valence-electron chi connectivity index (χ0n) is 8.84. The van der Waals surface area contributed by atoms with Gasteiger partial charge < -0.3 is 0 Å². The van der Waals surface area contributed by atoms with E-state index < -0.39 is 0 Å². The van der Waals surface area contributed by atoms with E-state index >= 15 is 0 Å². The molecule has 0 saturated carbocycles. The molecule has 3 aromatic heterocycles. The third kappa shape index (κ3) is 2.16. The molecule has 0 spiro atoms. The normalized spacial score (nSPS) is 10.9. The van der Waals surface area contributed by atoms with Gasteiger partial charge in [0.2, 0.25) is 0 Å². The fourth-order valence-corrected chi connectivity index (χ4v) is 5.61. The van der Waals surface area contributed by atoms with Crippen LogP contribution < -0.4 is 9.92 Å². The van der Waals surface area contributed by atoms with E-state index in [0.29, 0.717) is 0 Å². The molecule has 2 unspecified atom stereocenters. The molecule has 0 aliphatic rings. The second-order valence-electron chi connectivity index (χ2n) is 3.54. The zero-order chi connectivity index (χ0) is 11.8. The summed E-state index contributed by atoms with van der Waals surface area (Å²) in [5, 5.41) is 5.58. The average Bonchev–Trinajstić information content (AvgIpc) is 3.01. The molecule has 2 atom stereocenters. The van der Waals surface area contributed by atoms with Crippen molar-refractivity contribution in [2.24, 2.45) is 0 Å². The Bertz CT molecular complexity index is 621. The summed E-state index contributed by atoms with van der Waals surface area (Å²) in [5.41, 5.74) is 1.38. The molecule has 3 heterocycles. The topological polar surface area (TPSA) is 0 Å². The van der Waals surface area contributed by atoms with E-state index in [2.05, 4.69) is 53.5 Å². The van der Waals surface area contributed by atoms with Crippen LogP contribution in [-0.2, 0) is 0 Å². The number of hydrogen-bond donors (Lipinski definition) is 0. The van der Waals surface area contributed by atoms with Crippen LogP contribution in [-0.4, -0.2) is 0 Å². The molecule has 0 bridgehead atoms. The molecule has 5 heteroatoms. The maximum absolute atomic E-state index is 2.88. The molecule has 3 aromatic rings. The van der Waals surface area contributed by atoms with Gasteiger partial charge in [-0.15, -0.1) is 43.3 Å².